The summed E-state index contributed by atoms with van der Waals surface area (Å²) < 4.78 is 0. The highest BCUT2D eigenvalue weighted by Crippen LogP contribution is 2.28. The minimum atomic E-state index is -0.788. The van der Waals surface area contributed by atoms with E-state index < -0.39 is 5.97 Å². The lowest BCUT2D eigenvalue weighted by Gasteiger charge is -2.36. The molecule has 2 amide bonds. The van der Waals surface area contributed by atoms with Gasteiger partial charge < -0.3 is 14.9 Å². The number of rotatable bonds is 2. The third kappa shape index (κ3) is 3.19. The van der Waals surface area contributed by atoms with Gasteiger partial charge in [0, 0.05) is 26.2 Å². The summed E-state index contributed by atoms with van der Waals surface area (Å²) in [5.41, 5.74) is 0. The van der Waals surface area contributed by atoms with Gasteiger partial charge in [-0.15, -0.1) is 0 Å². The van der Waals surface area contributed by atoms with Crippen LogP contribution in [0.25, 0.3) is 0 Å². The smallest absolute Gasteiger partial charge is 0.320 e. The molecule has 1 N–H and O–H groups in total. The van der Waals surface area contributed by atoms with Crippen LogP contribution in [0.2, 0.25) is 0 Å². The molecule has 1 saturated carbocycles. The van der Waals surface area contributed by atoms with Crippen LogP contribution in [0, 0.1) is 11.8 Å². The van der Waals surface area contributed by atoms with E-state index in [0.29, 0.717) is 31.5 Å². The van der Waals surface area contributed by atoms with Gasteiger partial charge in [0.25, 0.3) is 0 Å². The Labute approximate surface area is 114 Å². The van der Waals surface area contributed by atoms with Gasteiger partial charge in [0.2, 0.25) is 0 Å². The Balaban J connectivity index is 1.90. The molecule has 1 aliphatic heterocycles. The Morgan fingerprint density at radius 1 is 1.26 bits per heavy atom. The summed E-state index contributed by atoms with van der Waals surface area (Å²) in [6.45, 7) is 3.17. The van der Waals surface area contributed by atoms with E-state index in [1.165, 1.54) is 12.8 Å². The largest absolute Gasteiger partial charge is 0.481 e. The Morgan fingerprint density at radius 3 is 2.58 bits per heavy atom. The number of hydrogen-bond donors (Lipinski definition) is 1. The molecular weight excluding hydrogens is 244 g/mol. The van der Waals surface area contributed by atoms with Crippen molar-refractivity contribution >= 4 is 12.0 Å². The molecule has 5 heteroatoms. The average Bonchev–Trinajstić information content (AvgIpc) is 2.86. The van der Waals surface area contributed by atoms with Crippen molar-refractivity contribution in [2.45, 2.75) is 45.1 Å². The van der Waals surface area contributed by atoms with Crippen LogP contribution in [0.4, 0.5) is 4.79 Å². The molecule has 0 spiro atoms. The zero-order valence-electron chi connectivity index (χ0n) is 11.8. The number of carbonyl (C=O) groups is 2. The van der Waals surface area contributed by atoms with Crippen molar-refractivity contribution in [2.75, 3.05) is 20.1 Å². The first-order valence-corrected chi connectivity index (χ1v) is 7.23. The van der Waals surface area contributed by atoms with Crippen LogP contribution < -0.4 is 0 Å². The first kappa shape index (κ1) is 14.2. The summed E-state index contributed by atoms with van der Waals surface area (Å²) in [6, 6.07) is 0.322. The van der Waals surface area contributed by atoms with E-state index >= 15 is 0 Å². The Kier molecular flexibility index (Phi) is 4.32. The molecule has 0 aromatic rings. The molecule has 0 aromatic heterocycles. The predicted molar refractivity (Wildman–Crippen MR) is 71.9 cm³/mol. The summed E-state index contributed by atoms with van der Waals surface area (Å²) >= 11 is 0. The summed E-state index contributed by atoms with van der Waals surface area (Å²) in [7, 11) is 1.86. The number of carboxylic acids is 1. The molecule has 2 aliphatic rings. The summed E-state index contributed by atoms with van der Waals surface area (Å²) in [5.74, 6) is -0.494. The van der Waals surface area contributed by atoms with Gasteiger partial charge in [-0.1, -0.05) is 19.8 Å². The topological polar surface area (TPSA) is 60.9 Å². The standard InChI is InChI=1S/C14H24N2O3/c1-10-4-3-5-12(8-10)15(2)14(19)16-7-6-11(9-16)13(17)18/h10-12H,3-9H2,1-2H3,(H,17,18). The number of carbonyl (C=O) groups excluding carboxylic acids is 1. The maximum atomic E-state index is 12.4. The Morgan fingerprint density at radius 2 is 2.00 bits per heavy atom. The molecule has 3 unspecified atom stereocenters. The van der Waals surface area contributed by atoms with Crippen molar-refractivity contribution in [1.82, 2.24) is 9.80 Å². The quantitative estimate of drug-likeness (QED) is 0.833. The lowest BCUT2D eigenvalue weighted by atomic mass is 9.86. The van der Waals surface area contributed by atoms with E-state index in [9.17, 15) is 9.59 Å². The SMILES string of the molecule is CC1CCCC(N(C)C(=O)N2CCC(C(=O)O)C2)C1. The van der Waals surface area contributed by atoms with Crippen LogP contribution in [0.3, 0.4) is 0 Å². The zero-order chi connectivity index (χ0) is 14.0. The molecule has 0 aromatic carbocycles. The van der Waals surface area contributed by atoms with Crippen LogP contribution in [0.5, 0.6) is 0 Å². The highest BCUT2D eigenvalue weighted by Gasteiger charge is 2.34. The minimum Gasteiger partial charge on any atom is -0.481 e. The van der Waals surface area contributed by atoms with Crippen molar-refractivity contribution in [1.29, 1.82) is 0 Å². The highest BCUT2D eigenvalue weighted by molar-refractivity contribution is 5.77. The Hall–Kier alpha value is -1.26. The molecule has 2 fully saturated rings. The molecule has 5 nitrogen and oxygen atoms in total. The second-order valence-electron chi connectivity index (χ2n) is 6.09. The highest BCUT2D eigenvalue weighted by atomic mass is 16.4. The second kappa shape index (κ2) is 5.80. The third-order valence-electron chi connectivity index (χ3n) is 4.57. The first-order valence-electron chi connectivity index (χ1n) is 7.23. The fraction of sp³-hybridized carbons (Fsp3) is 0.857. The zero-order valence-corrected chi connectivity index (χ0v) is 11.8. The number of urea groups is 1. The summed E-state index contributed by atoms with van der Waals surface area (Å²) in [5, 5.41) is 8.98. The van der Waals surface area contributed by atoms with Gasteiger partial charge >= 0.3 is 12.0 Å². The minimum absolute atomic E-state index is 0.00264. The van der Waals surface area contributed by atoms with Gasteiger partial charge in [0.05, 0.1) is 5.92 Å². The number of amides is 2. The third-order valence-corrected chi connectivity index (χ3v) is 4.57. The van der Waals surface area contributed by atoms with Crippen LogP contribution in [-0.4, -0.2) is 53.1 Å². The molecule has 0 radical (unpaired) electrons. The fourth-order valence-electron chi connectivity index (χ4n) is 3.27. The number of carboxylic acid groups (broad SMARTS) is 1. The number of nitrogens with zero attached hydrogens (tertiary/aromatic N) is 2. The molecule has 1 saturated heterocycles. The van der Waals surface area contributed by atoms with Gasteiger partial charge in [0.15, 0.2) is 0 Å². The molecule has 108 valence electrons. The van der Waals surface area contributed by atoms with Gasteiger partial charge in [0.1, 0.15) is 0 Å². The fourth-order valence-corrected chi connectivity index (χ4v) is 3.27. The molecule has 2 rings (SSSR count). The normalized spacial score (nSPS) is 31.3. The Bertz CT molecular complexity index is 359. The van der Waals surface area contributed by atoms with Crippen LogP contribution >= 0.6 is 0 Å². The van der Waals surface area contributed by atoms with Crippen LogP contribution in [0.1, 0.15) is 39.0 Å². The van der Waals surface area contributed by atoms with Crippen molar-refractivity contribution in [3.8, 4) is 0 Å². The molecule has 19 heavy (non-hydrogen) atoms. The average molecular weight is 268 g/mol. The van der Waals surface area contributed by atoms with E-state index in [2.05, 4.69) is 6.92 Å². The maximum Gasteiger partial charge on any atom is 0.320 e. The van der Waals surface area contributed by atoms with E-state index in [0.717, 1.165) is 12.8 Å². The molecule has 1 heterocycles. The maximum absolute atomic E-state index is 12.4. The number of likely N-dealkylation sites (tertiary alicyclic amines) is 1. The molecular formula is C14H24N2O3. The van der Waals surface area contributed by atoms with E-state index in [1.807, 2.05) is 11.9 Å². The van der Waals surface area contributed by atoms with Crippen LogP contribution in [0.15, 0.2) is 0 Å². The molecule has 3 atom stereocenters. The molecule has 0 bridgehead atoms. The van der Waals surface area contributed by atoms with Gasteiger partial charge in [-0.25, -0.2) is 4.79 Å². The van der Waals surface area contributed by atoms with Crippen molar-refractivity contribution in [3.05, 3.63) is 0 Å². The molecule has 1 aliphatic carbocycles. The monoisotopic (exact) mass is 268 g/mol. The van der Waals surface area contributed by atoms with Gasteiger partial charge in [-0.2, -0.15) is 0 Å². The first-order chi connectivity index (χ1) is 8.99. The summed E-state index contributed by atoms with van der Waals surface area (Å²) in [4.78, 5) is 26.8. The van der Waals surface area contributed by atoms with Gasteiger partial charge in [-0.05, 0) is 25.2 Å². The van der Waals surface area contributed by atoms with E-state index in [-0.39, 0.29) is 11.9 Å². The van der Waals surface area contributed by atoms with Crippen molar-refractivity contribution in [3.63, 3.8) is 0 Å². The number of hydrogen-bond acceptors (Lipinski definition) is 2. The van der Waals surface area contributed by atoms with E-state index in [1.54, 1.807) is 4.90 Å². The number of aliphatic carboxylic acids is 1. The van der Waals surface area contributed by atoms with Gasteiger partial charge in [-0.3, -0.25) is 4.79 Å². The van der Waals surface area contributed by atoms with Crippen molar-refractivity contribution in [2.24, 2.45) is 11.8 Å². The van der Waals surface area contributed by atoms with Crippen LogP contribution in [-0.2, 0) is 4.79 Å². The summed E-state index contributed by atoms with van der Waals surface area (Å²) in [6.07, 6.45) is 5.15. The van der Waals surface area contributed by atoms with E-state index in [4.69, 9.17) is 5.11 Å². The lowest BCUT2D eigenvalue weighted by molar-refractivity contribution is -0.141. The van der Waals surface area contributed by atoms with Crippen molar-refractivity contribution < 1.29 is 14.7 Å². The predicted octanol–water partition coefficient (Wildman–Crippen LogP) is 2.02. The lowest BCUT2D eigenvalue weighted by Crippen LogP contribution is -2.46. The second-order valence-corrected chi connectivity index (χ2v) is 6.09.